The van der Waals surface area contributed by atoms with Gasteiger partial charge in [0.15, 0.2) is 0 Å². The minimum absolute atomic E-state index is 0.167. The lowest BCUT2D eigenvalue weighted by molar-refractivity contribution is -0.275. The van der Waals surface area contributed by atoms with E-state index in [0.717, 1.165) is 11.3 Å². The average molecular weight is 310 g/mol. The molecule has 118 valence electrons. The average Bonchev–Trinajstić information content (AvgIpc) is 2.42. The van der Waals surface area contributed by atoms with E-state index in [2.05, 4.69) is 9.72 Å². The number of nitrogens with zero attached hydrogens (tertiary/aromatic N) is 2. The maximum absolute atomic E-state index is 12.4. The van der Waals surface area contributed by atoms with Crippen molar-refractivity contribution in [2.45, 2.75) is 26.4 Å². The highest BCUT2D eigenvalue weighted by molar-refractivity contribution is 5.33. The molecule has 0 fully saturated rings. The highest BCUT2D eigenvalue weighted by Crippen LogP contribution is 2.27. The molecule has 1 aromatic carbocycles. The number of benzene rings is 1. The molecule has 0 unspecified atom stereocenters. The molecule has 2 rings (SSSR count). The first kappa shape index (κ1) is 16.3. The third kappa shape index (κ3) is 4.73. The summed E-state index contributed by atoms with van der Waals surface area (Å²) in [6.45, 7) is 2.84. The van der Waals surface area contributed by atoms with Gasteiger partial charge in [0, 0.05) is 24.8 Å². The fourth-order valence-electron chi connectivity index (χ4n) is 2.14. The lowest BCUT2D eigenvalue weighted by atomic mass is 10.1. The molecule has 0 saturated carbocycles. The second-order valence-corrected chi connectivity index (χ2v) is 5.09. The first-order valence-corrected chi connectivity index (χ1v) is 6.78. The number of rotatable bonds is 5. The lowest BCUT2D eigenvalue weighted by Gasteiger charge is -2.20. The van der Waals surface area contributed by atoms with E-state index in [-0.39, 0.29) is 5.75 Å². The SMILES string of the molecule is Cc1cccnc1CN(C)Cc1ccccc1OC(F)(F)F. The molecule has 0 radical (unpaired) electrons. The molecule has 1 heterocycles. The van der Waals surface area contributed by atoms with Crippen molar-refractivity contribution in [2.75, 3.05) is 7.05 Å². The van der Waals surface area contributed by atoms with Crippen molar-refractivity contribution < 1.29 is 17.9 Å². The molecular weight excluding hydrogens is 293 g/mol. The van der Waals surface area contributed by atoms with Gasteiger partial charge in [-0.15, -0.1) is 13.2 Å². The van der Waals surface area contributed by atoms with E-state index in [1.54, 1.807) is 18.3 Å². The molecular formula is C16H17F3N2O. The largest absolute Gasteiger partial charge is 0.573 e. The smallest absolute Gasteiger partial charge is 0.405 e. The van der Waals surface area contributed by atoms with E-state index in [9.17, 15) is 13.2 Å². The summed E-state index contributed by atoms with van der Waals surface area (Å²) in [5.74, 6) is -0.167. The summed E-state index contributed by atoms with van der Waals surface area (Å²) in [7, 11) is 1.83. The van der Waals surface area contributed by atoms with Gasteiger partial charge in [0.1, 0.15) is 5.75 Å². The predicted octanol–water partition coefficient (Wildman–Crippen LogP) is 3.92. The van der Waals surface area contributed by atoms with Crippen molar-refractivity contribution in [3.05, 3.63) is 59.4 Å². The Balaban J connectivity index is 2.09. The van der Waals surface area contributed by atoms with Gasteiger partial charge < -0.3 is 4.74 Å². The molecule has 0 N–H and O–H groups in total. The Hall–Kier alpha value is -2.08. The molecule has 0 aliphatic heterocycles. The van der Waals surface area contributed by atoms with Gasteiger partial charge in [0.25, 0.3) is 0 Å². The Morgan fingerprint density at radius 3 is 2.50 bits per heavy atom. The molecule has 0 aliphatic carbocycles. The number of hydrogen-bond acceptors (Lipinski definition) is 3. The monoisotopic (exact) mass is 310 g/mol. The molecule has 3 nitrogen and oxygen atoms in total. The summed E-state index contributed by atoms with van der Waals surface area (Å²) in [4.78, 5) is 6.19. The predicted molar refractivity (Wildman–Crippen MR) is 77.3 cm³/mol. The van der Waals surface area contributed by atoms with Crippen LogP contribution in [-0.4, -0.2) is 23.3 Å². The van der Waals surface area contributed by atoms with Crippen molar-refractivity contribution in [3.63, 3.8) is 0 Å². The second-order valence-electron chi connectivity index (χ2n) is 5.09. The van der Waals surface area contributed by atoms with Gasteiger partial charge in [-0.05, 0) is 31.7 Å². The van der Waals surface area contributed by atoms with Crippen molar-refractivity contribution in [1.82, 2.24) is 9.88 Å². The Bertz CT molecular complexity index is 629. The van der Waals surface area contributed by atoms with Crippen molar-refractivity contribution >= 4 is 0 Å². The molecule has 2 aromatic rings. The lowest BCUT2D eigenvalue weighted by Crippen LogP contribution is -2.22. The van der Waals surface area contributed by atoms with Crippen LogP contribution in [0, 0.1) is 6.92 Å². The summed E-state index contributed by atoms with van der Waals surface area (Å²) in [5.41, 5.74) is 2.43. The number of hydrogen-bond donors (Lipinski definition) is 0. The summed E-state index contributed by atoms with van der Waals surface area (Å²) >= 11 is 0. The number of halogens is 3. The van der Waals surface area contributed by atoms with E-state index in [4.69, 9.17) is 0 Å². The van der Waals surface area contributed by atoms with Crippen molar-refractivity contribution in [3.8, 4) is 5.75 Å². The van der Waals surface area contributed by atoms with Crippen LogP contribution in [0.4, 0.5) is 13.2 Å². The zero-order valence-corrected chi connectivity index (χ0v) is 12.4. The first-order valence-electron chi connectivity index (χ1n) is 6.78. The Kier molecular flexibility index (Phi) is 5.03. The van der Waals surface area contributed by atoms with E-state index < -0.39 is 6.36 Å². The zero-order valence-electron chi connectivity index (χ0n) is 12.4. The van der Waals surface area contributed by atoms with Gasteiger partial charge in [0.05, 0.1) is 5.69 Å². The van der Waals surface area contributed by atoms with Crippen LogP contribution in [0.3, 0.4) is 0 Å². The van der Waals surface area contributed by atoms with Gasteiger partial charge in [-0.3, -0.25) is 9.88 Å². The molecule has 0 aliphatic rings. The Morgan fingerprint density at radius 1 is 1.09 bits per heavy atom. The van der Waals surface area contributed by atoms with Gasteiger partial charge in [-0.2, -0.15) is 0 Å². The van der Waals surface area contributed by atoms with Crippen LogP contribution in [0.2, 0.25) is 0 Å². The van der Waals surface area contributed by atoms with E-state index >= 15 is 0 Å². The van der Waals surface area contributed by atoms with Crippen molar-refractivity contribution in [2.24, 2.45) is 0 Å². The number of aryl methyl sites for hydroxylation is 1. The zero-order chi connectivity index (χ0) is 16.2. The maximum Gasteiger partial charge on any atom is 0.573 e. The highest BCUT2D eigenvalue weighted by atomic mass is 19.4. The summed E-state index contributed by atoms with van der Waals surface area (Å²) in [6.07, 6.45) is -2.98. The third-order valence-corrected chi connectivity index (χ3v) is 3.18. The first-order chi connectivity index (χ1) is 10.3. The summed E-state index contributed by atoms with van der Waals surface area (Å²) in [5, 5.41) is 0. The summed E-state index contributed by atoms with van der Waals surface area (Å²) in [6, 6.07) is 9.97. The molecule has 0 bridgehead atoms. The number of aromatic nitrogens is 1. The summed E-state index contributed by atoms with van der Waals surface area (Å²) < 4.78 is 41.3. The van der Waals surface area contributed by atoms with Crippen LogP contribution in [0.25, 0.3) is 0 Å². The molecule has 0 saturated heterocycles. The minimum Gasteiger partial charge on any atom is -0.405 e. The van der Waals surface area contributed by atoms with Crippen LogP contribution in [0.5, 0.6) is 5.75 Å². The van der Waals surface area contributed by atoms with Crippen LogP contribution in [0.1, 0.15) is 16.8 Å². The number of alkyl halides is 3. The fourth-order valence-corrected chi connectivity index (χ4v) is 2.14. The van der Waals surface area contributed by atoms with E-state index in [1.807, 2.05) is 31.0 Å². The van der Waals surface area contributed by atoms with Crippen LogP contribution >= 0.6 is 0 Å². The van der Waals surface area contributed by atoms with Gasteiger partial charge >= 0.3 is 6.36 Å². The topological polar surface area (TPSA) is 25.4 Å². The maximum atomic E-state index is 12.4. The molecule has 1 aromatic heterocycles. The number of pyridine rings is 1. The number of ether oxygens (including phenoxy) is 1. The number of para-hydroxylation sites is 1. The Morgan fingerprint density at radius 2 is 1.82 bits per heavy atom. The molecule has 6 heteroatoms. The minimum atomic E-state index is -4.69. The van der Waals surface area contributed by atoms with Gasteiger partial charge in [-0.1, -0.05) is 24.3 Å². The third-order valence-electron chi connectivity index (χ3n) is 3.18. The molecule has 0 spiro atoms. The Labute approximate surface area is 127 Å². The van der Waals surface area contributed by atoms with Crippen LogP contribution in [-0.2, 0) is 13.1 Å². The van der Waals surface area contributed by atoms with Gasteiger partial charge in [0.2, 0.25) is 0 Å². The fraction of sp³-hybridized carbons (Fsp3) is 0.312. The normalized spacial score (nSPS) is 11.7. The van der Waals surface area contributed by atoms with Crippen molar-refractivity contribution in [1.29, 1.82) is 0 Å². The van der Waals surface area contributed by atoms with Gasteiger partial charge in [-0.25, -0.2) is 0 Å². The van der Waals surface area contributed by atoms with Crippen LogP contribution < -0.4 is 4.74 Å². The standard InChI is InChI=1S/C16H17F3N2O/c1-12-6-5-9-20-14(12)11-21(2)10-13-7-3-4-8-15(13)22-16(17,18)19/h3-9H,10-11H2,1-2H3. The molecule has 22 heavy (non-hydrogen) atoms. The second kappa shape index (κ2) is 6.79. The molecule has 0 amide bonds. The quantitative estimate of drug-likeness (QED) is 0.837. The van der Waals surface area contributed by atoms with Crippen LogP contribution in [0.15, 0.2) is 42.6 Å². The molecule has 0 atom stereocenters. The van der Waals surface area contributed by atoms with E-state index in [0.29, 0.717) is 18.7 Å². The highest BCUT2D eigenvalue weighted by Gasteiger charge is 2.32. The van der Waals surface area contributed by atoms with E-state index in [1.165, 1.54) is 12.1 Å².